The zero-order chi connectivity index (χ0) is 15.2. The quantitative estimate of drug-likeness (QED) is 0.854. The highest BCUT2D eigenvalue weighted by Crippen LogP contribution is 2.22. The van der Waals surface area contributed by atoms with Gasteiger partial charge in [0.05, 0.1) is 6.04 Å². The van der Waals surface area contributed by atoms with Crippen LogP contribution in [0.5, 0.6) is 0 Å². The Morgan fingerprint density at radius 1 is 1.48 bits per heavy atom. The number of amides is 1. The Balaban J connectivity index is 2.04. The third-order valence-electron chi connectivity index (χ3n) is 3.50. The van der Waals surface area contributed by atoms with Gasteiger partial charge in [-0.1, -0.05) is 19.0 Å². The summed E-state index contributed by atoms with van der Waals surface area (Å²) in [6.07, 6.45) is 0. The first-order valence-corrected chi connectivity index (χ1v) is 8.07. The molecule has 2 aromatic heterocycles. The number of hydrogen-bond acceptors (Lipinski definition) is 5. The largest absolute Gasteiger partial charge is 0.361 e. The molecule has 2 aromatic rings. The smallest absolute Gasteiger partial charge is 0.273 e. The van der Waals surface area contributed by atoms with E-state index >= 15 is 0 Å². The minimum atomic E-state index is -0.195. The van der Waals surface area contributed by atoms with Gasteiger partial charge in [0.15, 0.2) is 5.69 Å². The Morgan fingerprint density at radius 2 is 2.24 bits per heavy atom. The molecule has 114 valence electrons. The topological polar surface area (TPSA) is 58.4 Å². The normalized spacial score (nSPS) is 12.6. The van der Waals surface area contributed by atoms with Gasteiger partial charge in [-0.25, -0.2) is 0 Å². The summed E-state index contributed by atoms with van der Waals surface area (Å²) >= 11 is 1.67. The summed E-state index contributed by atoms with van der Waals surface area (Å²) in [7, 11) is 0. The van der Waals surface area contributed by atoms with Crippen molar-refractivity contribution in [3.05, 3.63) is 39.9 Å². The van der Waals surface area contributed by atoms with Gasteiger partial charge >= 0.3 is 0 Å². The molecular weight excluding hydrogens is 286 g/mol. The van der Waals surface area contributed by atoms with Crippen LogP contribution in [0.4, 0.5) is 0 Å². The lowest BCUT2D eigenvalue weighted by atomic mass is 10.1. The molecule has 0 radical (unpaired) electrons. The number of aryl methyl sites for hydroxylation is 1. The predicted octanol–water partition coefficient (Wildman–Crippen LogP) is 2.86. The second-order valence-electron chi connectivity index (χ2n) is 4.83. The van der Waals surface area contributed by atoms with Crippen LogP contribution in [-0.2, 0) is 0 Å². The summed E-state index contributed by atoms with van der Waals surface area (Å²) < 4.78 is 4.93. The number of thiophene rings is 1. The van der Waals surface area contributed by atoms with Gasteiger partial charge in [-0.3, -0.25) is 9.69 Å². The average molecular weight is 307 g/mol. The van der Waals surface area contributed by atoms with Crippen molar-refractivity contribution in [3.8, 4) is 0 Å². The van der Waals surface area contributed by atoms with E-state index in [1.54, 1.807) is 24.3 Å². The first kappa shape index (κ1) is 15.7. The van der Waals surface area contributed by atoms with E-state index in [0.717, 1.165) is 13.1 Å². The molecule has 0 aliphatic carbocycles. The van der Waals surface area contributed by atoms with Gasteiger partial charge < -0.3 is 9.84 Å². The maximum absolute atomic E-state index is 12.1. The molecule has 0 fully saturated rings. The van der Waals surface area contributed by atoms with Crippen LogP contribution < -0.4 is 5.32 Å². The van der Waals surface area contributed by atoms with Crippen LogP contribution in [0.25, 0.3) is 0 Å². The Kier molecular flexibility index (Phi) is 5.52. The molecule has 21 heavy (non-hydrogen) atoms. The standard InChI is InChI=1S/C15H21N3O2S/c1-4-18(5-2)14(12-6-7-21-10-12)9-16-15(19)13-8-11(3)20-17-13/h6-8,10,14H,4-5,9H2,1-3H3,(H,16,19)/t14-/m1/s1. The molecule has 6 heteroatoms. The number of likely N-dealkylation sites (N-methyl/N-ethyl adjacent to an activating group) is 1. The fourth-order valence-corrected chi connectivity index (χ4v) is 3.05. The predicted molar refractivity (Wildman–Crippen MR) is 83.6 cm³/mol. The fourth-order valence-electron chi connectivity index (χ4n) is 2.34. The lowest BCUT2D eigenvalue weighted by molar-refractivity contribution is 0.0926. The SMILES string of the molecule is CCN(CC)[C@H](CNC(=O)c1cc(C)on1)c1ccsc1. The number of aromatic nitrogens is 1. The fraction of sp³-hybridized carbons (Fsp3) is 0.467. The van der Waals surface area contributed by atoms with Crippen molar-refractivity contribution in [1.29, 1.82) is 0 Å². The van der Waals surface area contributed by atoms with Gasteiger partial charge in [-0.05, 0) is 42.4 Å². The third kappa shape index (κ3) is 3.92. The van der Waals surface area contributed by atoms with E-state index in [2.05, 4.69) is 46.0 Å². The Bertz CT molecular complexity index is 561. The molecule has 1 amide bonds. The van der Waals surface area contributed by atoms with Gasteiger partial charge in [-0.2, -0.15) is 11.3 Å². The van der Waals surface area contributed by atoms with Crippen LogP contribution >= 0.6 is 11.3 Å². The van der Waals surface area contributed by atoms with Crippen molar-refractivity contribution < 1.29 is 9.32 Å². The number of nitrogens with zero attached hydrogens (tertiary/aromatic N) is 2. The van der Waals surface area contributed by atoms with Crippen molar-refractivity contribution in [1.82, 2.24) is 15.4 Å². The molecule has 0 saturated carbocycles. The van der Waals surface area contributed by atoms with Gasteiger partial charge in [0.2, 0.25) is 0 Å². The molecule has 2 rings (SSSR count). The highest BCUT2D eigenvalue weighted by Gasteiger charge is 2.20. The van der Waals surface area contributed by atoms with Crippen molar-refractivity contribution in [3.63, 3.8) is 0 Å². The lowest BCUT2D eigenvalue weighted by Crippen LogP contribution is -2.38. The van der Waals surface area contributed by atoms with Crippen LogP contribution in [0.3, 0.4) is 0 Å². The monoisotopic (exact) mass is 307 g/mol. The molecule has 2 heterocycles. The summed E-state index contributed by atoms with van der Waals surface area (Å²) in [6.45, 7) is 8.47. The van der Waals surface area contributed by atoms with E-state index in [1.807, 2.05) is 0 Å². The third-order valence-corrected chi connectivity index (χ3v) is 4.20. The zero-order valence-electron chi connectivity index (χ0n) is 12.6. The molecule has 0 spiro atoms. The van der Waals surface area contributed by atoms with Gasteiger partial charge in [0.1, 0.15) is 5.76 Å². The van der Waals surface area contributed by atoms with Crippen LogP contribution in [0.15, 0.2) is 27.4 Å². The van der Waals surface area contributed by atoms with Crippen molar-refractivity contribution in [2.75, 3.05) is 19.6 Å². The minimum Gasteiger partial charge on any atom is -0.361 e. The van der Waals surface area contributed by atoms with E-state index in [0.29, 0.717) is 18.0 Å². The Hall–Kier alpha value is -1.66. The zero-order valence-corrected chi connectivity index (χ0v) is 13.4. The van der Waals surface area contributed by atoms with Crippen molar-refractivity contribution in [2.24, 2.45) is 0 Å². The summed E-state index contributed by atoms with van der Waals surface area (Å²) in [4.78, 5) is 14.4. The first-order chi connectivity index (χ1) is 10.2. The van der Waals surface area contributed by atoms with Crippen molar-refractivity contribution in [2.45, 2.75) is 26.8 Å². The summed E-state index contributed by atoms with van der Waals surface area (Å²) in [5, 5.41) is 10.9. The van der Waals surface area contributed by atoms with Gasteiger partial charge in [-0.15, -0.1) is 0 Å². The van der Waals surface area contributed by atoms with Crippen LogP contribution in [0.2, 0.25) is 0 Å². The van der Waals surface area contributed by atoms with E-state index in [9.17, 15) is 4.79 Å². The van der Waals surface area contributed by atoms with E-state index in [1.165, 1.54) is 5.56 Å². The number of nitrogens with one attached hydrogen (secondary N) is 1. The maximum Gasteiger partial charge on any atom is 0.273 e. The number of hydrogen-bond donors (Lipinski definition) is 1. The molecule has 0 bridgehead atoms. The molecule has 0 aromatic carbocycles. The van der Waals surface area contributed by atoms with Gasteiger partial charge in [0.25, 0.3) is 5.91 Å². The van der Waals surface area contributed by atoms with Crippen LogP contribution in [0, 0.1) is 6.92 Å². The lowest BCUT2D eigenvalue weighted by Gasteiger charge is -2.29. The molecule has 0 saturated heterocycles. The first-order valence-electron chi connectivity index (χ1n) is 7.13. The molecule has 1 atom stereocenters. The van der Waals surface area contributed by atoms with Crippen LogP contribution in [0.1, 0.15) is 41.7 Å². The molecule has 5 nitrogen and oxygen atoms in total. The average Bonchev–Trinajstić information content (AvgIpc) is 3.14. The number of carbonyl (C=O) groups is 1. The number of carbonyl (C=O) groups excluding carboxylic acids is 1. The Labute approximate surface area is 128 Å². The summed E-state index contributed by atoms with van der Waals surface area (Å²) in [5.41, 5.74) is 1.57. The van der Waals surface area contributed by atoms with E-state index < -0.39 is 0 Å². The highest BCUT2D eigenvalue weighted by molar-refractivity contribution is 7.07. The maximum atomic E-state index is 12.1. The molecular formula is C15H21N3O2S. The van der Waals surface area contributed by atoms with Gasteiger partial charge in [0, 0.05) is 12.6 Å². The second kappa shape index (κ2) is 7.38. The minimum absolute atomic E-state index is 0.184. The molecule has 1 N–H and O–H groups in total. The van der Waals surface area contributed by atoms with Crippen LogP contribution in [-0.4, -0.2) is 35.6 Å². The Morgan fingerprint density at radius 3 is 2.76 bits per heavy atom. The molecule has 0 aliphatic rings. The summed E-state index contributed by atoms with van der Waals surface area (Å²) in [6, 6.07) is 3.94. The van der Waals surface area contributed by atoms with Crippen molar-refractivity contribution >= 4 is 17.2 Å². The van der Waals surface area contributed by atoms with E-state index in [-0.39, 0.29) is 11.9 Å². The highest BCUT2D eigenvalue weighted by atomic mass is 32.1. The summed E-state index contributed by atoms with van der Waals surface area (Å²) in [5.74, 6) is 0.442. The second-order valence-corrected chi connectivity index (χ2v) is 5.61. The molecule has 0 unspecified atom stereocenters. The van der Waals surface area contributed by atoms with E-state index in [4.69, 9.17) is 4.52 Å². The number of rotatable bonds is 7. The molecule has 0 aliphatic heterocycles.